The maximum absolute atomic E-state index is 13.1. The van der Waals surface area contributed by atoms with E-state index in [-0.39, 0.29) is 18.0 Å². The van der Waals surface area contributed by atoms with E-state index in [1.54, 1.807) is 0 Å². The van der Waals surface area contributed by atoms with Crippen LogP contribution in [-0.4, -0.2) is 38.9 Å². The maximum atomic E-state index is 13.1. The first-order valence-corrected chi connectivity index (χ1v) is 10.9. The normalized spacial score (nSPS) is 18.5. The van der Waals surface area contributed by atoms with Gasteiger partial charge in [0.15, 0.2) is 0 Å². The summed E-state index contributed by atoms with van der Waals surface area (Å²) in [5, 5.41) is 3.35. The van der Waals surface area contributed by atoms with Gasteiger partial charge in [0.25, 0.3) is 0 Å². The number of rotatable bonds is 3. The second-order valence-electron chi connectivity index (χ2n) is 7.30. The molecule has 2 aromatic rings. The maximum Gasteiger partial charge on any atom is 0.416 e. The highest BCUT2D eigenvalue weighted by Crippen LogP contribution is 2.36. The zero-order valence-electron chi connectivity index (χ0n) is 15.7. The van der Waals surface area contributed by atoms with Gasteiger partial charge in [-0.25, -0.2) is 8.42 Å². The molecule has 0 unspecified atom stereocenters. The monoisotopic (exact) mass is 425 g/mol. The van der Waals surface area contributed by atoms with Crippen LogP contribution in [0.15, 0.2) is 47.4 Å². The van der Waals surface area contributed by atoms with Gasteiger partial charge in [-0.15, -0.1) is 0 Å². The number of sulfonamides is 1. The molecule has 0 bridgehead atoms. The van der Waals surface area contributed by atoms with Gasteiger partial charge < -0.3 is 10.2 Å². The fraction of sp³-hybridized carbons (Fsp3) is 0.400. The molecule has 0 aromatic heterocycles. The van der Waals surface area contributed by atoms with E-state index in [0.29, 0.717) is 6.07 Å². The van der Waals surface area contributed by atoms with Gasteiger partial charge >= 0.3 is 6.18 Å². The van der Waals surface area contributed by atoms with E-state index in [1.807, 2.05) is 18.2 Å². The number of anilines is 1. The highest BCUT2D eigenvalue weighted by Gasteiger charge is 2.35. The Morgan fingerprint density at radius 2 is 1.76 bits per heavy atom. The van der Waals surface area contributed by atoms with E-state index in [9.17, 15) is 21.6 Å². The summed E-state index contributed by atoms with van der Waals surface area (Å²) < 4.78 is 66.4. The topological polar surface area (TPSA) is 52.7 Å². The van der Waals surface area contributed by atoms with E-state index in [0.717, 1.165) is 61.5 Å². The Balaban J connectivity index is 1.63. The van der Waals surface area contributed by atoms with Crippen molar-refractivity contribution in [1.29, 1.82) is 0 Å². The standard InChI is InChI=1S/C20H22F3N3O2S/c21-20(22,23)16-5-2-6-17(12-16)29(27,28)26-13-15-4-1-7-19(18(15)14-26)25-10-3-8-24-9-11-25/h1-2,4-7,12,24H,3,8-11,13-14H2. The van der Waals surface area contributed by atoms with E-state index >= 15 is 0 Å². The zero-order chi connectivity index (χ0) is 20.6. The highest BCUT2D eigenvalue weighted by atomic mass is 32.2. The Bertz CT molecular complexity index is 1000. The number of fused-ring (bicyclic) bond motifs is 1. The third-order valence-corrected chi connectivity index (χ3v) is 7.20. The van der Waals surface area contributed by atoms with Gasteiger partial charge in [-0.05, 0) is 48.4 Å². The Kier molecular flexibility index (Phi) is 5.30. The molecule has 29 heavy (non-hydrogen) atoms. The molecule has 1 N–H and O–H groups in total. The smallest absolute Gasteiger partial charge is 0.370 e. The summed E-state index contributed by atoms with van der Waals surface area (Å²) in [5.41, 5.74) is 1.88. The molecule has 9 heteroatoms. The number of nitrogens with zero attached hydrogens (tertiary/aromatic N) is 2. The van der Waals surface area contributed by atoms with Gasteiger partial charge in [-0.2, -0.15) is 17.5 Å². The second-order valence-corrected chi connectivity index (χ2v) is 9.24. The van der Waals surface area contributed by atoms with Crippen molar-refractivity contribution in [3.63, 3.8) is 0 Å². The van der Waals surface area contributed by atoms with Gasteiger partial charge in [0.2, 0.25) is 10.0 Å². The Hall–Kier alpha value is -2.10. The predicted octanol–water partition coefficient (Wildman–Crippen LogP) is 3.21. The fourth-order valence-electron chi connectivity index (χ4n) is 3.91. The van der Waals surface area contributed by atoms with E-state index in [2.05, 4.69) is 10.2 Å². The average molecular weight is 425 g/mol. The lowest BCUT2D eigenvalue weighted by Gasteiger charge is -2.25. The van der Waals surface area contributed by atoms with Crippen molar-refractivity contribution >= 4 is 15.7 Å². The van der Waals surface area contributed by atoms with E-state index < -0.39 is 21.8 Å². The minimum Gasteiger partial charge on any atom is -0.370 e. The fourth-order valence-corrected chi connectivity index (χ4v) is 5.34. The molecule has 0 atom stereocenters. The van der Waals surface area contributed by atoms with Gasteiger partial charge in [0.1, 0.15) is 0 Å². The van der Waals surface area contributed by atoms with Crippen molar-refractivity contribution in [2.45, 2.75) is 30.6 Å². The van der Waals surface area contributed by atoms with Crippen LogP contribution in [0.2, 0.25) is 0 Å². The van der Waals surface area contributed by atoms with Crippen molar-refractivity contribution in [3.05, 3.63) is 59.2 Å². The first-order chi connectivity index (χ1) is 13.8. The molecule has 1 fully saturated rings. The number of hydrogen-bond donors (Lipinski definition) is 1. The molecular formula is C20H22F3N3O2S. The Labute approximate surface area is 168 Å². The minimum atomic E-state index is -4.59. The minimum absolute atomic E-state index is 0.161. The zero-order valence-corrected chi connectivity index (χ0v) is 16.6. The van der Waals surface area contributed by atoms with Crippen LogP contribution in [0, 0.1) is 0 Å². The van der Waals surface area contributed by atoms with Crippen LogP contribution in [0.4, 0.5) is 18.9 Å². The molecule has 5 nitrogen and oxygen atoms in total. The van der Waals surface area contributed by atoms with E-state index in [1.165, 1.54) is 10.4 Å². The molecule has 1 saturated heterocycles. The summed E-state index contributed by atoms with van der Waals surface area (Å²) >= 11 is 0. The summed E-state index contributed by atoms with van der Waals surface area (Å²) in [6.07, 6.45) is -3.59. The third kappa shape index (κ3) is 3.99. The summed E-state index contributed by atoms with van der Waals surface area (Å²) in [4.78, 5) is 1.92. The van der Waals surface area contributed by atoms with Crippen molar-refractivity contribution in [2.75, 3.05) is 31.1 Å². The largest absolute Gasteiger partial charge is 0.416 e. The number of hydrogen-bond acceptors (Lipinski definition) is 4. The summed E-state index contributed by atoms with van der Waals surface area (Å²) in [7, 11) is -4.04. The molecule has 156 valence electrons. The molecule has 0 amide bonds. The van der Waals surface area contributed by atoms with Crippen LogP contribution in [0.5, 0.6) is 0 Å². The quantitative estimate of drug-likeness (QED) is 0.821. The molecule has 0 spiro atoms. The molecule has 2 aromatic carbocycles. The van der Waals surface area contributed by atoms with Crippen LogP contribution < -0.4 is 10.2 Å². The van der Waals surface area contributed by atoms with E-state index in [4.69, 9.17) is 0 Å². The summed E-state index contributed by atoms with van der Waals surface area (Å²) in [6.45, 7) is 3.83. The van der Waals surface area contributed by atoms with Gasteiger partial charge in [0, 0.05) is 38.4 Å². The molecule has 2 heterocycles. The lowest BCUT2D eigenvalue weighted by molar-refractivity contribution is -0.137. The van der Waals surface area contributed by atoms with Crippen molar-refractivity contribution < 1.29 is 21.6 Å². The van der Waals surface area contributed by atoms with Crippen molar-refractivity contribution in [2.24, 2.45) is 0 Å². The van der Waals surface area contributed by atoms with Gasteiger partial charge in [-0.3, -0.25) is 0 Å². The molecule has 0 aliphatic carbocycles. The van der Waals surface area contributed by atoms with Crippen molar-refractivity contribution in [3.8, 4) is 0 Å². The molecule has 2 aliphatic heterocycles. The SMILES string of the molecule is O=S(=O)(c1cccc(C(F)(F)F)c1)N1Cc2cccc(N3CCCNCC3)c2C1. The first kappa shape index (κ1) is 20.2. The van der Waals surface area contributed by atoms with Crippen LogP contribution in [0.25, 0.3) is 0 Å². The van der Waals surface area contributed by atoms with Crippen LogP contribution in [0.1, 0.15) is 23.1 Å². The third-order valence-electron chi connectivity index (χ3n) is 5.41. The molecule has 2 aliphatic rings. The lowest BCUT2D eigenvalue weighted by atomic mass is 10.1. The summed E-state index contributed by atoms with van der Waals surface area (Å²) in [5.74, 6) is 0. The van der Waals surface area contributed by atoms with Gasteiger partial charge in [-0.1, -0.05) is 18.2 Å². The molecule has 0 radical (unpaired) electrons. The number of nitrogens with one attached hydrogen (secondary N) is 1. The molecule has 0 saturated carbocycles. The van der Waals surface area contributed by atoms with Crippen molar-refractivity contribution in [1.82, 2.24) is 9.62 Å². The van der Waals surface area contributed by atoms with Crippen LogP contribution >= 0.6 is 0 Å². The second kappa shape index (κ2) is 7.62. The number of benzene rings is 2. The molecule has 4 rings (SSSR count). The highest BCUT2D eigenvalue weighted by molar-refractivity contribution is 7.89. The lowest BCUT2D eigenvalue weighted by Crippen LogP contribution is -2.29. The first-order valence-electron chi connectivity index (χ1n) is 9.51. The van der Waals surface area contributed by atoms with Crippen LogP contribution in [-0.2, 0) is 29.3 Å². The van der Waals surface area contributed by atoms with Crippen LogP contribution in [0.3, 0.4) is 0 Å². The van der Waals surface area contributed by atoms with Gasteiger partial charge in [0.05, 0.1) is 10.5 Å². The number of alkyl halides is 3. The Morgan fingerprint density at radius 3 is 2.55 bits per heavy atom. The summed E-state index contributed by atoms with van der Waals surface area (Å²) in [6, 6.07) is 9.72. The predicted molar refractivity (Wildman–Crippen MR) is 104 cm³/mol. The number of halogens is 3. The average Bonchev–Trinajstić information content (AvgIpc) is 2.96. The molecular weight excluding hydrogens is 403 g/mol. The Morgan fingerprint density at radius 1 is 0.966 bits per heavy atom.